The number of aromatic nitrogens is 3. The van der Waals surface area contributed by atoms with Crippen molar-refractivity contribution < 1.29 is 19.0 Å². The highest BCUT2D eigenvalue weighted by atomic mass is 32.1. The number of anilines is 1. The largest absolute Gasteiger partial charge is 0.496 e. The number of ether oxygens (including phenoxy) is 3. The van der Waals surface area contributed by atoms with Crippen LogP contribution >= 0.6 is 11.3 Å². The van der Waals surface area contributed by atoms with Crippen molar-refractivity contribution >= 4 is 38.8 Å². The molecule has 0 aliphatic rings. The number of aromatic amines is 1. The molecule has 0 bridgehead atoms. The third-order valence-corrected chi connectivity index (χ3v) is 5.99. The molecule has 0 aliphatic heterocycles. The Morgan fingerprint density at radius 2 is 1.84 bits per heavy atom. The number of hydrogen-bond acceptors (Lipinski definition) is 6. The Kier molecular flexibility index (Phi) is 4.95. The Morgan fingerprint density at radius 1 is 1.06 bits per heavy atom. The molecule has 0 saturated heterocycles. The molecule has 0 unspecified atom stereocenters. The number of amides is 1. The topological polar surface area (TPSA) is 89.9 Å². The van der Waals surface area contributed by atoms with Crippen molar-refractivity contribution in [3.63, 3.8) is 0 Å². The van der Waals surface area contributed by atoms with Crippen molar-refractivity contribution in [3.8, 4) is 28.5 Å². The third kappa shape index (κ3) is 3.32. The Bertz CT molecular complexity index is 1400. The zero-order valence-corrected chi connectivity index (χ0v) is 18.4. The SMILES string of the molecule is COc1cc(OC)c2cc(C(=O)Nc3ccc(-c4cn5ccsc5n4)cc3)[nH]c2c1OC. The molecule has 1 amide bonds. The lowest BCUT2D eigenvalue weighted by Gasteiger charge is -2.11. The van der Waals surface area contributed by atoms with Gasteiger partial charge in [0.05, 0.1) is 32.5 Å². The van der Waals surface area contributed by atoms with Gasteiger partial charge < -0.3 is 24.5 Å². The fourth-order valence-electron chi connectivity index (χ4n) is 3.65. The van der Waals surface area contributed by atoms with Crippen molar-refractivity contribution in [1.29, 1.82) is 0 Å². The predicted octanol–water partition coefficient (Wildman–Crippen LogP) is 4.82. The Labute approximate surface area is 187 Å². The molecule has 2 aromatic carbocycles. The number of nitrogens with zero attached hydrogens (tertiary/aromatic N) is 2. The lowest BCUT2D eigenvalue weighted by molar-refractivity contribution is 0.102. The minimum atomic E-state index is -0.278. The fourth-order valence-corrected chi connectivity index (χ4v) is 4.35. The maximum atomic E-state index is 12.9. The summed E-state index contributed by atoms with van der Waals surface area (Å²) >= 11 is 1.59. The molecule has 32 heavy (non-hydrogen) atoms. The van der Waals surface area contributed by atoms with E-state index in [1.165, 1.54) is 0 Å². The summed E-state index contributed by atoms with van der Waals surface area (Å²) in [5, 5.41) is 5.64. The van der Waals surface area contributed by atoms with Crippen molar-refractivity contribution in [2.75, 3.05) is 26.6 Å². The molecule has 0 atom stereocenters. The number of rotatable bonds is 6. The lowest BCUT2D eigenvalue weighted by atomic mass is 10.1. The molecule has 9 heteroatoms. The van der Waals surface area contributed by atoms with E-state index in [1.54, 1.807) is 44.8 Å². The average Bonchev–Trinajstić information content (AvgIpc) is 3.53. The molecule has 162 valence electrons. The minimum Gasteiger partial charge on any atom is -0.496 e. The standard InChI is InChI=1S/C23H20N4O4S/c1-29-18-11-19(30-2)21(31-3)20-15(18)10-16(25-20)22(28)24-14-6-4-13(5-7-14)17-12-27-8-9-32-23(27)26-17/h4-12,25H,1-3H3,(H,24,28). The first-order chi connectivity index (χ1) is 15.6. The van der Waals surface area contributed by atoms with Crippen molar-refractivity contribution in [1.82, 2.24) is 14.4 Å². The second-order valence-corrected chi connectivity index (χ2v) is 7.91. The number of H-pyrrole nitrogens is 1. The van der Waals surface area contributed by atoms with Gasteiger partial charge in [0, 0.05) is 40.5 Å². The number of benzene rings is 2. The summed E-state index contributed by atoms with van der Waals surface area (Å²) in [5.74, 6) is 1.32. The monoisotopic (exact) mass is 448 g/mol. The van der Waals surface area contributed by atoms with Crippen LogP contribution in [0, 0.1) is 0 Å². The van der Waals surface area contributed by atoms with Gasteiger partial charge in [-0.1, -0.05) is 12.1 Å². The zero-order chi connectivity index (χ0) is 22.2. The van der Waals surface area contributed by atoms with E-state index < -0.39 is 0 Å². The highest BCUT2D eigenvalue weighted by Gasteiger charge is 2.19. The van der Waals surface area contributed by atoms with E-state index in [0.717, 1.165) is 21.6 Å². The van der Waals surface area contributed by atoms with Gasteiger partial charge in [-0.25, -0.2) is 4.98 Å². The van der Waals surface area contributed by atoms with Crippen molar-refractivity contribution in [2.45, 2.75) is 0 Å². The number of hydrogen-bond donors (Lipinski definition) is 2. The first-order valence-electron chi connectivity index (χ1n) is 9.77. The molecular formula is C23H20N4O4S. The van der Waals surface area contributed by atoms with E-state index in [-0.39, 0.29) is 5.91 Å². The maximum absolute atomic E-state index is 12.9. The summed E-state index contributed by atoms with van der Waals surface area (Å²) in [6, 6.07) is 11.0. The molecule has 0 spiro atoms. The molecule has 0 radical (unpaired) electrons. The van der Waals surface area contributed by atoms with Crippen LogP contribution in [-0.2, 0) is 0 Å². The first kappa shape index (κ1) is 20.0. The second kappa shape index (κ2) is 7.93. The van der Waals surface area contributed by atoms with Gasteiger partial charge in [-0.05, 0) is 18.2 Å². The van der Waals surface area contributed by atoms with Gasteiger partial charge in [-0.3, -0.25) is 9.20 Å². The number of thiazole rings is 1. The number of methoxy groups -OCH3 is 3. The summed E-state index contributed by atoms with van der Waals surface area (Å²) < 4.78 is 18.3. The number of fused-ring (bicyclic) bond motifs is 2. The molecular weight excluding hydrogens is 428 g/mol. The molecule has 0 fully saturated rings. The highest BCUT2D eigenvalue weighted by molar-refractivity contribution is 7.15. The maximum Gasteiger partial charge on any atom is 0.272 e. The lowest BCUT2D eigenvalue weighted by Crippen LogP contribution is -2.12. The quantitative estimate of drug-likeness (QED) is 0.389. The number of carbonyl (C=O) groups excluding carboxylic acids is 1. The molecule has 5 aromatic rings. The normalized spacial score (nSPS) is 11.1. The zero-order valence-electron chi connectivity index (χ0n) is 17.6. The smallest absolute Gasteiger partial charge is 0.272 e. The third-order valence-electron chi connectivity index (χ3n) is 5.22. The van der Waals surface area contributed by atoms with Crippen LogP contribution in [0.5, 0.6) is 17.2 Å². The molecule has 5 rings (SSSR count). The summed E-state index contributed by atoms with van der Waals surface area (Å²) in [6.07, 6.45) is 3.96. The first-order valence-corrected chi connectivity index (χ1v) is 10.6. The van der Waals surface area contributed by atoms with Gasteiger partial charge in [0.15, 0.2) is 16.5 Å². The number of nitrogens with one attached hydrogen (secondary N) is 2. The molecule has 8 nitrogen and oxygen atoms in total. The summed E-state index contributed by atoms with van der Waals surface area (Å²) in [5.41, 5.74) is 3.55. The fraction of sp³-hybridized carbons (Fsp3) is 0.130. The van der Waals surface area contributed by atoms with Crippen LogP contribution in [0.15, 0.2) is 54.2 Å². The Morgan fingerprint density at radius 3 is 2.53 bits per heavy atom. The molecule has 0 aliphatic carbocycles. The van der Waals surface area contributed by atoms with E-state index in [4.69, 9.17) is 14.2 Å². The van der Waals surface area contributed by atoms with Gasteiger partial charge in [0.25, 0.3) is 5.91 Å². The summed E-state index contributed by atoms with van der Waals surface area (Å²) in [6.45, 7) is 0. The minimum absolute atomic E-state index is 0.278. The molecule has 3 aromatic heterocycles. The molecule has 0 saturated carbocycles. The van der Waals surface area contributed by atoms with Crippen LogP contribution in [0.3, 0.4) is 0 Å². The van der Waals surface area contributed by atoms with Crippen molar-refractivity contribution in [3.05, 3.63) is 59.9 Å². The van der Waals surface area contributed by atoms with Crippen LogP contribution in [0.1, 0.15) is 10.5 Å². The van der Waals surface area contributed by atoms with Crippen molar-refractivity contribution in [2.24, 2.45) is 0 Å². The molecule has 2 N–H and O–H groups in total. The van der Waals surface area contributed by atoms with Gasteiger partial charge >= 0.3 is 0 Å². The van der Waals surface area contributed by atoms with Gasteiger partial charge in [0.1, 0.15) is 11.4 Å². The van der Waals surface area contributed by atoms with Gasteiger partial charge in [0.2, 0.25) is 0 Å². The summed E-state index contributed by atoms with van der Waals surface area (Å²) in [4.78, 5) is 21.6. The van der Waals surface area contributed by atoms with E-state index in [2.05, 4.69) is 15.3 Å². The van der Waals surface area contributed by atoms with E-state index in [0.29, 0.717) is 34.1 Å². The van der Waals surface area contributed by atoms with Crippen LogP contribution in [0.25, 0.3) is 27.1 Å². The van der Waals surface area contributed by atoms with Crippen LogP contribution in [0.4, 0.5) is 5.69 Å². The highest BCUT2D eigenvalue weighted by Crippen LogP contribution is 2.41. The average molecular weight is 449 g/mol. The number of carbonyl (C=O) groups is 1. The second-order valence-electron chi connectivity index (χ2n) is 7.04. The van der Waals surface area contributed by atoms with E-state index in [9.17, 15) is 4.79 Å². The predicted molar refractivity (Wildman–Crippen MR) is 124 cm³/mol. The van der Waals surface area contributed by atoms with Gasteiger partial charge in [-0.15, -0.1) is 11.3 Å². The number of imidazole rings is 1. The Hall–Kier alpha value is -3.98. The van der Waals surface area contributed by atoms with E-state index >= 15 is 0 Å². The van der Waals surface area contributed by atoms with Crippen LogP contribution in [-0.4, -0.2) is 41.6 Å². The van der Waals surface area contributed by atoms with Crippen LogP contribution < -0.4 is 19.5 Å². The van der Waals surface area contributed by atoms with Gasteiger partial charge in [-0.2, -0.15) is 0 Å². The van der Waals surface area contributed by atoms with E-state index in [1.807, 2.05) is 46.4 Å². The molecule has 3 heterocycles. The Balaban J connectivity index is 1.41. The van der Waals surface area contributed by atoms with Crippen LogP contribution in [0.2, 0.25) is 0 Å². The summed E-state index contributed by atoms with van der Waals surface area (Å²) in [7, 11) is 4.67.